The number of ketones is 1. The van der Waals surface area contributed by atoms with E-state index >= 15 is 0 Å². The van der Waals surface area contributed by atoms with Crippen molar-refractivity contribution in [1.82, 2.24) is 19.1 Å². The van der Waals surface area contributed by atoms with Crippen LogP contribution in [0.25, 0.3) is 34.2 Å². The van der Waals surface area contributed by atoms with Crippen molar-refractivity contribution in [1.29, 1.82) is 0 Å². The molecule has 0 radical (unpaired) electrons. The topological polar surface area (TPSA) is 52.7 Å². The van der Waals surface area contributed by atoms with Crippen molar-refractivity contribution in [2.24, 2.45) is 0 Å². The van der Waals surface area contributed by atoms with Crippen molar-refractivity contribution in [3.05, 3.63) is 72.3 Å². The largest absolute Gasteiger partial charge is 0.324 e. The Morgan fingerprint density at radius 3 is 1.62 bits per heavy atom. The molecule has 0 saturated heterocycles. The number of carbonyl (C=O) groups is 1. The Bertz CT molecular complexity index is 1180. The Hall–Kier alpha value is -3.47. The zero-order valence-electron chi connectivity index (χ0n) is 18.9. The van der Waals surface area contributed by atoms with Crippen LogP contribution in [-0.2, 0) is 17.9 Å². The molecule has 0 N–H and O–H groups in total. The van der Waals surface area contributed by atoms with Crippen LogP contribution in [0, 0.1) is 0 Å². The molecule has 0 saturated carbocycles. The van der Waals surface area contributed by atoms with Gasteiger partial charge in [-0.05, 0) is 61.4 Å². The van der Waals surface area contributed by atoms with Crippen LogP contribution < -0.4 is 0 Å². The van der Waals surface area contributed by atoms with E-state index in [4.69, 9.17) is 9.97 Å². The summed E-state index contributed by atoms with van der Waals surface area (Å²) in [5.74, 6) is 1.56. The molecule has 0 fully saturated rings. The minimum Gasteiger partial charge on any atom is -0.324 e. The molecule has 0 aliphatic heterocycles. The van der Waals surface area contributed by atoms with Crippen LogP contribution in [0.4, 0.5) is 0 Å². The second-order valence-corrected chi connectivity index (χ2v) is 8.00. The second kappa shape index (κ2) is 10.2. The van der Waals surface area contributed by atoms with Crippen LogP contribution >= 0.6 is 0 Å². The number of hydrogen-bond acceptors (Lipinski definition) is 3. The third kappa shape index (κ3) is 4.72. The number of rotatable bonds is 10. The Morgan fingerprint density at radius 1 is 0.750 bits per heavy atom. The Kier molecular flexibility index (Phi) is 6.95. The van der Waals surface area contributed by atoms with E-state index in [1.807, 2.05) is 48.6 Å². The van der Waals surface area contributed by atoms with Gasteiger partial charge in [-0.2, -0.15) is 0 Å². The molecular weight excluding hydrogens is 396 g/mol. The van der Waals surface area contributed by atoms with Crippen molar-refractivity contribution < 1.29 is 4.79 Å². The van der Waals surface area contributed by atoms with Crippen LogP contribution in [0.2, 0.25) is 0 Å². The number of aromatic nitrogens is 4. The zero-order chi connectivity index (χ0) is 22.3. The van der Waals surface area contributed by atoms with Gasteiger partial charge in [-0.25, -0.2) is 9.97 Å². The minimum absolute atomic E-state index is 0.0757. The molecule has 0 amide bonds. The maximum absolute atomic E-state index is 12.6. The summed E-state index contributed by atoms with van der Waals surface area (Å²) >= 11 is 0. The van der Waals surface area contributed by atoms with Gasteiger partial charge in [0, 0.05) is 13.1 Å². The number of nitrogens with zero attached hydrogens (tertiary/aromatic N) is 4. The lowest BCUT2D eigenvalue weighted by atomic mass is 10.2. The first kappa shape index (κ1) is 21.8. The van der Waals surface area contributed by atoms with Crippen molar-refractivity contribution in [2.75, 3.05) is 0 Å². The van der Waals surface area contributed by atoms with E-state index in [9.17, 15) is 4.79 Å². The summed E-state index contributed by atoms with van der Waals surface area (Å²) in [4.78, 5) is 22.1. The molecule has 5 heteroatoms. The number of imidazole rings is 2. The minimum atomic E-state index is -0.0757. The first-order valence-corrected chi connectivity index (χ1v) is 11.5. The van der Waals surface area contributed by atoms with E-state index in [1.54, 1.807) is 12.2 Å². The summed E-state index contributed by atoms with van der Waals surface area (Å²) in [6, 6.07) is 16.2. The lowest BCUT2D eigenvalue weighted by molar-refractivity contribution is -0.110. The predicted molar refractivity (Wildman–Crippen MR) is 132 cm³/mol. The van der Waals surface area contributed by atoms with Crippen molar-refractivity contribution in [3.8, 4) is 0 Å². The van der Waals surface area contributed by atoms with Gasteiger partial charge in [0.25, 0.3) is 0 Å². The fraction of sp³-hybridized carbons (Fsp3) is 0.296. The van der Waals surface area contributed by atoms with Gasteiger partial charge in [0.2, 0.25) is 0 Å². The Morgan fingerprint density at radius 2 is 1.19 bits per heavy atom. The molecule has 0 atom stereocenters. The number of benzene rings is 2. The van der Waals surface area contributed by atoms with Crippen LogP contribution in [0.3, 0.4) is 0 Å². The predicted octanol–water partition coefficient (Wildman–Crippen LogP) is 6.28. The van der Waals surface area contributed by atoms with Crippen molar-refractivity contribution in [2.45, 2.75) is 52.6 Å². The van der Waals surface area contributed by atoms with Crippen LogP contribution in [0.5, 0.6) is 0 Å². The summed E-state index contributed by atoms with van der Waals surface area (Å²) < 4.78 is 4.38. The highest BCUT2D eigenvalue weighted by Gasteiger charge is 2.09. The van der Waals surface area contributed by atoms with E-state index in [2.05, 4.69) is 35.1 Å². The molecule has 5 nitrogen and oxygen atoms in total. The standard InChI is InChI=1S/C27H30N4O/c1-3-5-19-30-24-13-9-7-11-22(24)28-26(30)17-15-21(32)16-18-27-29-23-12-8-10-14-25(23)31(27)20-6-4-2/h7-18H,3-6,19-20H2,1-2H3/b17-15+,18-16+. The molecule has 0 bridgehead atoms. The number of unbranched alkanes of at least 4 members (excludes halogenated alkanes) is 2. The molecule has 2 heterocycles. The summed E-state index contributed by atoms with van der Waals surface area (Å²) in [5.41, 5.74) is 4.12. The normalized spacial score (nSPS) is 12.1. The van der Waals surface area contributed by atoms with Crippen LogP contribution in [0.1, 0.15) is 51.2 Å². The van der Waals surface area contributed by atoms with Gasteiger partial charge in [-0.1, -0.05) is 51.0 Å². The number of allylic oxidation sites excluding steroid dienone is 2. The molecule has 0 aliphatic rings. The fourth-order valence-electron chi connectivity index (χ4n) is 3.91. The summed E-state index contributed by atoms with van der Waals surface area (Å²) in [7, 11) is 0. The van der Waals surface area contributed by atoms with E-state index in [0.29, 0.717) is 0 Å². The molecule has 32 heavy (non-hydrogen) atoms. The van der Waals surface area contributed by atoms with Gasteiger partial charge in [0.1, 0.15) is 11.6 Å². The van der Waals surface area contributed by atoms with Gasteiger partial charge < -0.3 is 9.13 Å². The summed E-state index contributed by atoms with van der Waals surface area (Å²) in [5, 5.41) is 0. The van der Waals surface area contributed by atoms with Crippen LogP contribution in [0.15, 0.2) is 60.7 Å². The lowest BCUT2D eigenvalue weighted by Gasteiger charge is -2.05. The van der Waals surface area contributed by atoms with E-state index in [1.165, 1.54) is 0 Å². The molecular formula is C27H30N4O. The number of para-hydroxylation sites is 4. The lowest BCUT2D eigenvalue weighted by Crippen LogP contribution is -2.01. The highest BCUT2D eigenvalue weighted by molar-refractivity contribution is 6.04. The second-order valence-electron chi connectivity index (χ2n) is 8.00. The molecule has 0 spiro atoms. The number of carbonyl (C=O) groups excluding carboxylic acids is 1. The number of aryl methyl sites for hydroxylation is 2. The first-order chi connectivity index (χ1) is 15.7. The smallest absolute Gasteiger partial charge is 0.178 e. The third-order valence-electron chi connectivity index (χ3n) is 5.63. The Labute approximate surface area is 189 Å². The molecule has 4 aromatic rings. The van der Waals surface area contributed by atoms with Crippen molar-refractivity contribution in [3.63, 3.8) is 0 Å². The summed E-state index contributed by atoms with van der Waals surface area (Å²) in [6.07, 6.45) is 11.2. The Balaban J connectivity index is 1.57. The van der Waals surface area contributed by atoms with Gasteiger partial charge >= 0.3 is 0 Å². The number of fused-ring (bicyclic) bond motifs is 2. The summed E-state index contributed by atoms with van der Waals surface area (Å²) in [6.45, 7) is 6.14. The fourth-order valence-corrected chi connectivity index (χ4v) is 3.91. The van der Waals surface area contributed by atoms with Gasteiger partial charge in [-0.15, -0.1) is 0 Å². The molecule has 164 valence electrons. The van der Waals surface area contributed by atoms with Gasteiger partial charge in [0.15, 0.2) is 5.78 Å². The monoisotopic (exact) mass is 426 g/mol. The SMILES string of the molecule is CCCCn1c(/C=C/C(=O)/C=C/c2nc3ccccc3n2CCCC)nc2ccccc21. The highest BCUT2D eigenvalue weighted by Crippen LogP contribution is 2.19. The number of hydrogen-bond donors (Lipinski definition) is 0. The third-order valence-corrected chi connectivity index (χ3v) is 5.63. The van der Waals surface area contributed by atoms with E-state index in [0.717, 1.165) is 72.5 Å². The maximum Gasteiger partial charge on any atom is 0.178 e. The average Bonchev–Trinajstić information content (AvgIpc) is 3.36. The van der Waals surface area contributed by atoms with Crippen LogP contribution in [-0.4, -0.2) is 24.9 Å². The van der Waals surface area contributed by atoms with Gasteiger partial charge in [0.05, 0.1) is 22.1 Å². The average molecular weight is 427 g/mol. The quantitative estimate of drug-likeness (QED) is 0.280. The maximum atomic E-state index is 12.6. The first-order valence-electron chi connectivity index (χ1n) is 11.5. The highest BCUT2D eigenvalue weighted by atomic mass is 16.1. The zero-order valence-corrected chi connectivity index (χ0v) is 18.9. The molecule has 2 aromatic heterocycles. The molecule has 0 aliphatic carbocycles. The molecule has 0 unspecified atom stereocenters. The van der Waals surface area contributed by atoms with E-state index < -0.39 is 0 Å². The van der Waals surface area contributed by atoms with Gasteiger partial charge in [-0.3, -0.25) is 4.79 Å². The molecule has 2 aromatic carbocycles. The van der Waals surface area contributed by atoms with E-state index in [-0.39, 0.29) is 5.78 Å². The van der Waals surface area contributed by atoms with Crippen molar-refractivity contribution >= 4 is 40.0 Å². The molecule has 4 rings (SSSR count).